The molecule has 1 aliphatic rings. The van der Waals surface area contributed by atoms with E-state index in [0.29, 0.717) is 23.8 Å². The molecule has 0 aliphatic carbocycles. The van der Waals surface area contributed by atoms with Gasteiger partial charge < -0.3 is 10.1 Å². The summed E-state index contributed by atoms with van der Waals surface area (Å²) in [6, 6.07) is 13.3. The predicted molar refractivity (Wildman–Crippen MR) is 109 cm³/mol. The molecule has 150 valence electrons. The minimum absolute atomic E-state index is 0.148. The Labute approximate surface area is 170 Å². The molecule has 2 atom stereocenters. The summed E-state index contributed by atoms with van der Waals surface area (Å²) in [6.45, 7) is 4.37. The summed E-state index contributed by atoms with van der Waals surface area (Å²) in [6.07, 6.45) is -0.0873. The fourth-order valence-electron chi connectivity index (χ4n) is 3.18. The number of hydrogen-bond donors (Lipinski definition) is 1. The first-order chi connectivity index (χ1) is 13.2. The van der Waals surface area contributed by atoms with Crippen LogP contribution >= 0.6 is 11.6 Å². The number of hydrogen-bond acceptors (Lipinski definition) is 4. The first-order valence-corrected chi connectivity index (χ1v) is 10.9. The molecule has 1 saturated heterocycles. The van der Waals surface area contributed by atoms with Gasteiger partial charge in [-0.2, -0.15) is 4.31 Å². The number of sulfonamides is 1. The number of rotatable bonds is 5. The summed E-state index contributed by atoms with van der Waals surface area (Å²) in [5.74, 6) is -0.186. The fraction of sp³-hybridized carbons (Fsp3) is 0.350. The lowest BCUT2D eigenvalue weighted by Crippen LogP contribution is -2.48. The van der Waals surface area contributed by atoms with Crippen molar-refractivity contribution < 1.29 is 17.9 Å². The van der Waals surface area contributed by atoms with Crippen LogP contribution in [0.3, 0.4) is 0 Å². The SMILES string of the molecule is C[C@@H]1CN(S(=O)(=O)c2ccc(NC(=O)Cc3ccc(Cl)cc3)cc2)C[C@H](C)O1. The normalized spacial score (nSPS) is 20.7. The molecular weight excluding hydrogens is 400 g/mol. The number of amides is 1. The minimum Gasteiger partial charge on any atom is -0.373 e. The molecule has 0 aromatic heterocycles. The van der Waals surface area contributed by atoms with Crippen LogP contribution in [-0.2, 0) is 26.0 Å². The van der Waals surface area contributed by atoms with Crippen LogP contribution < -0.4 is 5.32 Å². The number of carbonyl (C=O) groups is 1. The molecule has 6 nitrogen and oxygen atoms in total. The van der Waals surface area contributed by atoms with Crippen molar-refractivity contribution in [3.63, 3.8) is 0 Å². The van der Waals surface area contributed by atoms with E-state index in [1.165, 1.54) is 16.4 Å². The number of ether oxygens (including phenoxy) is 1. The lowest BCUT2D eigenvalue weighted by atomic mass is 10.1. The van der Waals surface area contributed by atoms with Gasteiger partial charge in [-0.15, -0.1) is 0 Å². The van der Waals surface area contributed by atoms with Gasteiger partial charge in [-0.25, -0.2) is 8.42 Å². The van der Waals surface area contributed by atoms with E-state index in [9.17, 15) is 13.2 Å². The highest BCUT2D eigenvalue weighted by molar-refractivity contribution is 7.89. The van der Waals surface area contributed by atoms with E-state index in [2.05, 4.69) is 5.32 Å². The molecule has 1 amide bonds. The third kappa shape index (κ3) is 5.11. The topological polar surface area (TPSA) is 75.7 Å². The third-order valence-corrected chi connectivity index (χ3v) is 6.54. The van der Waals surface area contributed by atoms with Gasteiger partial charge in [-0.1, -0.05) is 23.7 Å². The average Bonchev–Trinajstić information content (AvgIpc) is 2.63. The van der Waals surface area contributed by atoms with Gasteiger partial charge in [0, 0.05) is 23.8 Å². The number of benzene rings is 2. The van der Waals surface area contributed by atoms with Crippen LogP contribution in [0.4, 0.5) is 5.69 Å². The van der Waals surface area contributed by atoms with Crippen LogP contribution in [0.1, 0.15) is 19.4 Å². The Kier molecular flexibility index (Phi) is 6.40. The van der Waals surface area contributed by atoms with E-state index in [1.54, 1.807) is 36.4 Å². The Morgan fingerprint density at radius 2 is 1.64 bits per heavy atom. The van der Waals surface area contributed by atoms with Crippen LogP contribution in [0.2, 0.25) is 5.02 Å². The van der Waals surface area contributed by atoms with Gasteiger partial charge in [0.25, 0.3) is 0 Å². The molecule has 0 bridgehead atoms. The Balaban J connectivity index is 1.65. The molecule has 1 aliphatic heterocycles. The zero-order chi connectivity index (χ0) is 20.3. The zero-order valence-corrected chi connectivity index (χ0v) is 17.3. The van der Waals surface area contributed by atoms with E-state index in [4.69, 9.17) is 16.3 Å². The van der Waals surface area contributed by atoms with Gasteiger partial charge in [0.15, 0.2) is 0 Å². The Morgan fingerprint density at radius 1 is 1.07 bits per heavy atom. The molecule has 0 unspecified atom stereocenters. The van der Waals surface area contributed by atoms with Crippen molar-refractivity contribution in [3.8, 4) is 0 Å². The van der Waals surface area contributed by atoms with Crippen molar-refractivity contribution in [2.75, 3.05) is 18.4 Å². The molecule has 0 saturated carbocycles. The summed E-state index contributed by atoms with van der Waals surface area (Å²) in [4.78, 5) is 12.4. The van der Waals surface area contributed by atoms with Gasteiger partial charge in [0.05, 0.1) is 23.5 Å². The van der Waals surface area contributed by atoms with Crippen molar-refractivity contribution in [1.29, 1.82) is 0 Å². The molecule has 1 N–H and O–H groups in total. The van der Waals surface area contributed by atoms with E-state index in [1.807, 2.05) is 13.8 Å². The molecule has 0 spiro atoms. The second-order valence-electron chi connectivity index (χ2n) is 6.96. The van der Waals surface area contributed by atoms with Crippen molar-refractivity contribution in [2.45, 2.75) is 37.4 Å². The largest absolute Gasteiger partial charge is 0.373 e. The summed E-state index contributed by atoms with van der Waals surface area (Å²) < 4.78 is 32.8. The quantitative estimate of drug-likeness (QED) is 0.801. The van der Waals surface area contributed by atoms with E-state index in [0.717, 1.165) is 5.56 Å². The maximum Gasteiger partial charge on any atom is 0.243 e. The molecule has 3 rings (SSSR count). The fourth-order valence-corrected chi connectivity index (χ4v) is 4.90. The number of morpholine rings is 1. The molecular formula is C20H23ClN2O4S. The molecule has 2 aromatic rings. The second kappa shape index (κ2) is 8.61. The summed E-state index contributed by atoms with van der Waals surface area (Å²) in [5.41, 5.74) is 1.39. The monoisotopic (exact) mass is 422 g/mol. The Hall–Kier alpha value is -1.93. The van der Waals surface area contributed by atoms with Crippen LogP contribution in [0.25, 0.3) is 0 Å². The number of nitrogens with one attached hydrogen (secondary N) is 1. The number of nitrogens with zero attached hydrogens (tertiary/aromatic N) is 1. The standard InChI is InChI=1S/C20H23ClN2O4S/c1-14-12-23(13-15(2)27-14)28(25,26)19-9-7-18(8-10-19)22-20(24)11-16-3-5-17(21)6-4-16/h3-10,14-15H,11-13H2,1-2H3,(H,22,24)/t14-,15+. The third-order valence-electron chi connectivity index (χ3n) is 4.44. The van der Waals surface area contributed by atoms with Crippen molar-refractivity contribution in [3.05, 3.63) is 59.1 Å². The highest BCUT2D eigenvalue weighted by Gasteiger charge is 2.32. The van der Waals surface area contributed by atoms with Crippen LogP contribution in [0, 0.1) is 0 Å². The maximum atomic E-state index is 12.9. The number of anilines is 1. The van der Waals surface area contributed by atoms with Gasteiger partial charge in [0.2, 0.25) is 15.9 Å². The zero-order valence-electron chi connectivity index (χ0n) is 15.8. The van der Waals surface area contributed by atoms with E-state index < -0.39 is 10.0 Å². The average molecular weight is 423 g/mol. The first-order valence-electron chi connectivity index (χ1n) is 9.04. The number of halogens is 1. The number of carbonyl (C=O) groups excluding carboxylic acids is 1. The van der Waals surface area contributed by atoms with Crippen molar-refractivity contribution in [2.24, 2.45) is 0 Å². The van der Waals surface area contributed by atoms with Gasteiger partial charge >= 0.3 is 0 Å². The smallest absolute Gasteiger partial charge is 0.243 e. The van der Waals surface area contributed by atoms with Crippen LogP contribution in [-0.4, -0.2) is 43.9 Å². The molecule has 1 heterocycles. The lowest BCUT2D eigenvalue weighted by molar-refractivity contribution is -0.115. The van der Waals surface area contributed by atoms with E-state index >= 15 is 0 Å². The predicted octanol–water partition coefficient (Wildman–Crippen LogP) is 3.32. The van der Waals surface area contributed by atoms with Gasteiger partial charge in [-0.05, 0) is 55.8 Å². The molecule has 2 aromatic carbocycles. The molecule has 8 heteroatoms. The summed E-state index contributed by atoms with van der Waals surface area (Å²) in [5, 5.41) is 3.39. The van der Waals surface area contributed by atoms with Crippen molar-refractivity contribution in [1.82, 2.24) is 4.31 Å². The first kappa shape index (κ1) is 20.8. The minimum atomic E-state index is -3.60. The lowest BCUT2D eigenvalue weighted by Gasteiger charge is -2.34. The molecule has 1 fully saturated rings. The summed E-state index contributed by atoms with van der Waals surface area (Å²) in [7, 11) is -3.60. The van der Waals surface area contributed by atoms with Gasteiger partial charge in [-0.3, -0.25) is 4.79 Å². The highest BCUT2D eigenvalue weighted by atomic mass is 35.5. The van der Waals surface area contributed by atoms with Crippen LogP contribution in [0.15, 0.2) is 53.4 Å². The van der Waals surface area contributed by atoms with E-state index in [-0.39, 0.29) is 29.4 Å². The molecule has 28 heavy (non-hydrogen) atoms. The Bertz CT molecular complexity index is 920. The van der Waals surface area contributed by atoms with Crippen LogP contribution in [0.5, 0.6) is 0 Å². The van der Waals surface area contributed by atoms with Crippen molar-refractivity contribution >= 4 is 33.2 Å². The van der Waals surface area contributed by atoms with Gasteiger partial charge in [0.1, 0.15) is 0 Å². The highest BCUT2D eigenvalue weighted by Crippen LogP contribution is 2.22. The summed E-state index contributed by atoms with van der Waals surface area (Å²) >= 11 is 5.84. The maximum absolute atomic E-state index is 12.9. The Morgan fingerprint density at radius 3 is 2.21 bits per heavy atom. The molecule has 0 radical (unpaired) electrons. The second-order valence-corrected chi connectivity index (χ2v) is 9.33.